The third-order valence-electron chi connectivity index (χ3n) is 5.38. The number of aromatic nitrogens is 3. The number of carbonyl (C=O) groups excluding carboxylic acids is 1. The third kappa shape index (κ3) is 5.98. The van der Waals surface area contributed by atoms with Crippen molar-refractivity contribution in [2.45, 2.75) is 83.1 Å². The molecule has 0 bridgehead atoms. The molecule has 0 aliphatic heterocycles. The zero-order valence-corrected chi connectivity index (χ0v) is 18.5. The highest BCUT2D eigenvalue weighted by Gasteiger charge is 2.21. The number of nitrogens with zero attached hydrogens (tertiary/aromatic N) is 3. The highest BCUT2D eigenvalue weighted by atomic mass is 32.2. The van der Waals surface area contributed by atoms with Crippen molar-refractivity contribution in [3.8, 4) is 5.75 Å². The molecule has 1 heterocycles. The lowest BCUT2D eigenvalue weighted by molar-refractivity contribution is -0.119. The Morgan fingerprint density at radius 1 is 1.24 bits per heavy atom. The fourth-order valence-electron chi connectivity index (χ4n) is 3.76. The Kier molecular flexibility index (Phi) is 7.98. The van der Waals surface area contributed by atoms with Crippen LogP contribution in [-0.2, 0) is 11.3 Å². The molecule has 2 aromatic rings. The van der Waals surface area contributed by atoms with Crippen LogP contribution in [0.3, 0.4) is 0 Å². The molecule has 29 heavy (non-hydrogen) atoms. The standard InChI is InChI=1S/C22H32N4O2S/c1-4-26-21(17(3)28-19-14-10-9-11-16(19)2)24-25-22(26)29-15-20(27)23-18-12-7-5-6-8-13-18/h9-11,14,17-18H,4-8,12-13,15H2,1-3H3,(H,23,27). The summed E-state index contributed by atoms with van der Waals surface area (Å²) in [7, 11) is 0. The summed E-state index contributed by atoms with van der Waals surface area (Å²) in [5.74, 6) is 2.07. The van der Waals surface area contributed by atoms with Gasteiger partial charge in [0.05, 0.1) is 5.75 Å². The number of para-hydroxylation sites is 1. The van der Waals surface area contributed by atoms with Crippen LogP contribution in [0.4, 0.5) is 0 Å². The molecule has 1 unspecified atom stereocenters. The van der Waals surface area contributed by atoms with Gasteiger partial charge in [0.1, 0.15) is 5.75 Å². The number of aryl methyl sites for hydroxylation is 1. The van der Waals surface area contributed by atoms with Crippen molar-refractivity contribution in [1.29, 1.82) is 0 Å². The summed E-state index contributed by atoms with van der Waals surface area (Å²) < 4.78 is 8.15. The molecule has 1 N–H and O–H groups in total. The number of hydrogen-bond acceptors (Lipinski definition) is 5. The molecule has 1 aromatic carbocycles. The Morgan fingerprint density at radius 3 is 2.66 bits per heavy atom. The molecule has 1 fully saturated rings. The number of thioether (sulfide) groups is 1. The molecule has 1 aliphatic carbocycles. The van der Waals surface area contributed by atoms with Gasteiger partial charge in [-0.15, -0.1) is 10.2 Å². The summed E-state index contributed by atoms with van der Waals surface area (Å²) in [5, 5.41) is 12.6. The number of carbonyl (C=O) groups is 1. The van der Waals surface area contributed by atoms with Crippen LogP contribution < -0.4 is 10.1 Å². The van der Waals surface area contributed by atoms with Crippen molar-refractivity contribution in [1.82, 2.24) is 20.1 Å². The van der Waals surface area contributed by atoms with Crippen molar-refractivity contribution >= 4 is 17.7 Å². The topological polar surface area (TPSA) is 69.0 Å². The van der Waals surface area contributed by atoms with Gasteiger partial charge >= 0.3 is 0 Å². The summed E-state index contributed by atoms with van der Waals surface area (Å²) in [6.07, 6.45) is 6.96. The van der Waals surface area contributed by atoms with Crippen LogP contribution in [0.25, 0.3) is 0 Å². The molecular weight excluding hydrogens is 384 g/mol. The second-order valence-electron chi connectivity index (χ2n) is 7.66. The minimum Gasteiger partial charge on any atom is -0.482 e. The van der Waals surface area contributed by atoms with E-state index in [1.165, 1.54) is 37.4 Å². The molecule has 1 amide bonds. The zero-order chi connectivity index (χ0) is 20.6. The van der Waals surface area contributed by atoms with Crippen LogP contribution in [-0.4, -0.2) is 32.5 Å². The highest BCUT2D eigenvalue weighted by Crippen LogP contribution is 2.26. The first-order valence-corrected chi connectivity index (χ1v) is 11.6. The van der Waals surface area contributed by atoms with Crippen LogP contribution in [0.5, 0.6) is 5.75 Å². The van der Waals surface area contributed by atoms with E-state index in [1.54, 1.807) is 0 Å². The molecule has 6 nitrogen and oxygen atoms in total. The van der Waals surface area contributed by atoms with Crippen LogP contribution in [0.2, 0.25) is 0 Å². The van der Waals surface area contributed by atoms with Crippen LogP contribution in [0.15, 0.2) is 29.4 Å². The molecule has 3 rings (SSSR count). The number of nitrogens with one attached hydrogen (secondary N) is 1. The SMILES string of the molecule is CCn1c(SCC(=O)NC2CCCCCC2)nnc1C(C)Oc1ccccc1C. The van der Waals surface area contributed by atoms with E-state index in [4.69, 9.17) is 4.74 Å². The summed E-state index contributed by atoms with van der Waals surface area (Å²) in [5.41, 5.74) is 1.09. The van der Waals surface area contributed by atoms with Gasteiger partial charge in [-0.2, -0.15) is 0 Å². The average molecular weight is 417 g/mol. The maximum absolute atomic E-state index is 12.4. The lowest BCUT2D eigenvalue weighted by Gasteiger charge is -2.17. The summed E-state index contributed by atoms with van der Waals surface area (Å²) in [6, 6.07) is 8.28. The fraction of sp³-hybridized carbons (Fsp3) is 0.591. The number of benzene rings is 1. The molecular formula is C22H32N4O2S. The lowest BCUT2D eigenvalue weighted by atomic mass is 10.1. The second-order valence-corrected chi connectivity index (χ2v) is 8.60. The molecule has 0 radical (unpaired) electrons. The normalized spacial score (nSPS) is 16.2. The lowest BCUT2D eigenvalue weighted by Crippen LogP contribution is -2.35. The minimum atomic E-state index is -0.224. The third-order valence-corrected chi connectivity index (χ3v) is 6.34. The van der Waals surface area contributed by atoms with Gasteiger partial charge in [-0.25, -0.2) is 0 Å². The summed E-state index contributed by atoms with van der Waals surface area (Å²) in [4.78, 5) is 12.4. The number of rotatable bonds is 8. The van der Waals surface area contributed by atoms with E-state index in [-0.39, 0.29) is 12.0 Å². The van der Waals surface area contributed by atoms with Gasteiger partial charge in [0.15, 0.2) is 17.1 Å². The van der Waals surface area contributed by atoms with Gasteiger partial charge in [0, 0.05) is 12.6 Å². The molecule has 1 aliphatic rings. The summed E-state index contributed by atoms with van der Waals surface area (Å²) >= 11 is 1.44. The van der Waals surface area contributed by atoms with Crippen LogP contribution >= 0.6 is 11.8 Å². The van der Waals surface area contributed by atoms with Gasteiger partial charge in [0.25, 0.3) is 0 Å². The van der Waals surface area contributed by atoms with Gasteiger partial charge in [0.2, 0.25) is 5.91 Å². The number of hydrogen-bond donors (Lipinski definition) is 1. The van der Waals surface area contributed by atoms with Crippen molar-refractivity contribution < 1.29 is 9.53 Å². The van der Waals surface area contributed by atoms with E-state index in [1.807, 2.05) is 42.7 Å². The largest absolute Gasteiger partial charge is 0.482 e. The summed E-state index contributed by atoms with van der Waals surface area (Å²) in [6.45, 7) is 6.80. The van der Waals surface area contributed by atoms with Gasteiger partial charge < -0.3 is 14.6 Å². The van der Waals surface area contributed by atoms with E-state index in [0.29, 0.717) is 11.8 Å². The second kappa shape index (κ2) is 10.7. The van der Waals surface area contributed by atoms with Gasteiger partial charge in [-0.1, -0.05) is 55.6 Å². The Bertz CT molecular complexity index is 800. The van der Waals surface area contributed by atoms with Crippen molar-refractivity contribution in [3.63, 3.8) is 0 Å². The molecule has 0 spiro atoms. The maximum atomic E-state index is 12.4. The maximum Gasteiger partial charge on any atom is 0.230 e. The van der Waals surface area contributed by atoms with Crippen LogP contribution in [0, 0.1) is 6.92 Å². The van der Waals surface area contributed by atoms with Crippen molar-refractivity contribution in [2.75, 3.05) is 5.75 Å². The Balaban J connectivity index is 1.58. The minimum absolute atomic E-state index is 0.0818. The smallest absolute Gasteiger partial charge is 0.230 e. The van der Waals surface area contributed by atoms with Crippen molar-refractivity contribution in [2.24, 2.45) is 0 Å². The quantitative estimate of drug-likeness (QED) is 0.500. The van der Waals surface area contributed by atoms with E-state index < -0.39 is 0 Å². The van der Waals surface area contributed by atoms with Gasteiger partial charge in [-0.3, -0.25) is 4.79 Å². The predicted octanol–water partition coefficient (Wildman–Crippen LogP) is 4.68. The van der Waals surface area contributed by atoms with E-state index >= 15 is 0 Å². The van der Waals surface area contributed by atoms with E-state index in [9.17, 15) is 4.79 Å². The Labute approximate surface area is 177 Å². The Hall–Kier alpha value is -2.02. The average Bonchev–Trinajstić information content (AvgIpc) is 2.96. The van der Waals surface area contributed by atoms with E-state index in [2.05, 4.69) is 22.4 Å². The fourth-order valence-corrected chi connectivity index (χ4v) is 4.58. The number of ether oxygens (including phenoxy) is 1. The predicted molar refractivity (Wildman–Crippen MR) is 116 cm³/mol. The molecule has 158 valence electrons. The highest BCUT2D eigenvalue weighted by molar-refractivity contribution is 7.99. The molecule has 7 heteroatoms. The molecule has 1 atom stereocenters. The van der Waals surface area contributed by atoms with Gasteiger partial charge in [-0.05, 0) is 45.2 Å². The number of amides is 1. The van der Waals surface area contributed by atoms with E-state index in [0.717, 1.165) is 41.7 Å². The molecule has 0 saturated heterocycles. The first-order valence-electron chi connectivity index (χ1n) is 10.7. The molecule has 1 saturated carbocycles. The van der Waals surface area contributed by atoms with Crippen molar-refractivity contribution in [3.05, 3.63) is 35.7 Å². The Morgan fingerprint density at radius 2 is 1.97 bits per heavy atom. The first-order chi connectivity index (χ1) is 14.1. The monoisotopic (exact) mass is 416 g/mol. The first kappa shape index (κ1) is 21.7. The zero-order valence-electron chi connectivity index (χ0n) is 17.7. The van der Waals surface area contributed by atoms with Crippen LogP contribution in [0.1, 0.15) is 69.9 Å². The molecule has 1 aromatic heterocycles.